The average Bonchev–Trinajstić information content (AvgIpc) is 2.42. The number of fused-ring (bicyclic) bond motifs is 1. The van der Waals surface area contributed by atoms with Gasteiger partial charge < -0.3 is 5.11 Å². The Bertz CT molecular complexity index is 674. The summed E-state index contributed by atoms with van der Waals surface area (Å²) < 4.78 is 14.5. The molecule has 0 aliphatic heterocycles. The third kappa shape index (κ3) is 2.50. The van der Waals surface area contributed by atoms with Crippen LogP contribution in [0.5, 0.6) is 0 Å². The van der Waals surface area contributed by atoms with Gasteiger partial charge in [-0.1, -0.05) is 33.6 Å². The van der Waals surface area contributed by atoms with E-state index in [2.05, 4.69) is 22.0 Å². The number of hydrogen-bond acceptors (Lipinski definition) is 1. The SMILES string of the molecule is OC1(c2cc(F)ccc2Cl)CCc2cc(Br)ccc2C1. The van der Waals surface area contributed by atoms with Crippen molar-refractivity contribution in [1.29, 1.82) is 0 Å². The van der Waals surface area contributed by atoms with E-state index in [1.54, 1.807) is 0 Å². The Hall–Kier alpha value is -0.900. The average molecular weight is 356 g/mol. The lowest BCUT2D eigenvalue weighted by molar-refractivity contribution is 0.0220. The highest BCUT2D eigenvalue weighted by atomic mass is 79.9. The van der Waals surface area contributed by atoms with E-state index in [1.807, 2.05) is 12.1 Å². The molecule has 0 amide bonds. The molecular weight excluding hydrogens is 343 g/mol. The molecule has 0 aromatic heterocycles. The normalized spacial score (nSPS) is 21.6. The Morgan fingerprint density at radius 2 is 1.95 bits per heavy atom. The molecule has 104 valence electrons. The fraction of sp³-hybridized carbons (Fsp3) is 0.250. The maximum absolute atomic E-state index is 13.4. The molecule has 0 radical (unpaired) electrons. The first-order valence-electron chi connectivity index (χ1n) is 6.43. The molecule has 0 spiro atoms. The Kier molecular flexibility index (Phi) is 3.61. The Morgan fingerprint density at radius 1 is 1.15 bits per heavy atom. The van der Waals surface area contributed by atoms with E-state index in [0.29, 0.717) is 23.4 Å². The maximum atomic E-state index is 13.4. The molecule has 0 bridgehead atoms. The summed E-state index contributed by atoms with van der Waals surface area (Å²) in [7, 11) is 0. The van der Waals surface area contributed by atoms with Gasteiger partial charge in [-0.3, -0.25) is 0 Å². The van der Waals surface area contributed by atoms with Gasteiger partial charge in [-0.2, -0.15) is 0 Å². The molecule has 1 aliphatic rings. The first kappa shape index (κ1) is 14.1. The summed E-state index contributed by atoms with van der Waals surface area (Å²) in [6, 6.07) is 10.2. The van der Waals surface area contributed by atoms with Crippen LogP contribution >= 0.6 is 27.5 Å². The molecule has 1 unspecified atom stereocenters. The summed E-state index contributed by atoms with van der Waals surface area (Å²) in [6.07, 6.45) is 1.75. The van der Waals surface area contributed by atoms with Gasteiger partial charge in [-0.05, 0) is 54.3 Å². The van der Waals surface area contributed by atoms with E-state index in [0.717, 1.165) is 16.5 Å². The predicted octanol–water partition coefficient (Wildman–Crippen LogP) is 4.62. The summed E-state index contributed by atoms with van der Waals surface area (Å²) in [4.78, 5) is 0. The summed E-state index contributed by atoms with van der Waals surface area (Å²) in [6.45, 7) is 0. The van der Waals surface area contributed by atoms with E-state index >= 15 is 0 Å². The topological polar surface area (TPSA) is 20.2 Å². The molecule has 0 saturated carbocycles. The van der Waals surface area contributed by atoms with Crippen LogP contribution in [-0.2, 0) is 18.4 Å². The third-order valence-corrected chi connectivity index (χ3v) is 4.71. The molecule has 2 aromatic carbocycles. The monoisotopic (exact) mass is 354 g/mol. The molecule has 0 saturated heterocycles. The molecule has 2 aromatic rings. The zero-order valence-corrected chi connectivity index (χ0v) is 13.0. The third-order valence-electron chi connectivity index (χ3n) is 3.89. The molecule has 0 fully saturated rings. The van der Waals surface area contributed by atoms with Crippen molar-refractivity contribution in [3.05, 3.63) is 68.4 Å². The van der Waals surface area contributed by atoms with Crippen molar-refractivity contribution in [3.8, 4) is 0 Å². The quantitative estimate of drug-likeness (QED) is 0.791. The van der Waals surface area contributed by atoms with Crippen LogP contribution in [0.4, 0.5) is 4.39 Å². The van der Waals surface area contributed by atoms with E-state index < -0.39 is 5.60 Å². The van der Waals surface area contributed by atoms with Gasteiger partial charge >= 0.3 is 0 Å². The highest BCUT2D eigenvalue weighted by Crippen LogP contribution is 2.40. The second-order valence-electron chi connectivity index (χ2n) is 5.25. The van der Waals surface area contributed by atoms with E-state index in [4.69, 9.17) is 11.6 Å². The van der Waals surface area contributed by atoms with Crippen molar-refractivity contribution in [1.82, 2.24) is 0 Å². The van der Waals surface area contributed by atoms with Gasteiger partial charge in [-0.25, -0.2) is 4.39 Å². The number of rotatable bonds is 1. The molecule has 20 heavy (non-hydrogen) atoms. The maximum Gasteiger partial charge on any atom is 0.123 e. The minimum Gasteiger partial charge on any atom is -0.385 e. The van der Waals surface area contributed by atoms with Crippen LogP contribution in [0.2, 0.25) is 5.02 Å². The first-order chi connectivity index (χ1) is 9.48. The zero-order valence-electron chi connectivity index (χ0n) is 10.7. The second-order valence-corrected chi connectivity index (χ2v) is 6.57. The van der Waals surface area contributed by atoms with Crippen molar-refractivity contribution in [2.75, 3.05) is 0 Å². The largest absolute Gasteiger partial charge is 0.385 e. The van der Waals surface area contributed by atoms with E-state index in [9.17, 15) is 9.50 Å². The zero-order chi connectivity index (χ0) is 14.3. The molecule has 0 heterocycles. The highest BCUT2D eigenvalue weighted by Gasteiger charge is 2.35. The van der Waals surface area contributed by atoms with Crippen LogP contribution in [0.1, 0.15) is 23.1 Å². The standard InChI is InChI=1S/C16H13BrClFO/c17-12-2-1-11-9-16(20,6-5-10(11)7-12)14-8-13(19)3-4-15(14)18/h1-4,7-8,20H,5-6,9H2. The number of benzene rings is 2. The van der Waals surface area contributed by atoms with E-state index in [-0.39, 0.29) is 5.82 Å². The van der Waals surface area contributed by atoms with Crippen LogP contribution in [-0.4, -0.2) is 5.11 Å². The molecule has 1 aliphatic carbocycles. The van der Waals surface area contributed by atoms with Gasteiger partial charge in [0.1, 0.15) is 5.82 Å². The van der Waals surface area contributed by atoms with Crippen molar-refractivity contribution < 1.29 is 9.50 Å². The van der Waals surface area contributed by atoms with Gasteiger partial charge in [0.2, 0.25) is 0 Å². The fourth-order valence-corrected chi connectivity index (χ4v) is 3.53. The molecule has 1 nitrogen and oxygen atoms in total. The van der Waals surface area contributed by atoms with Gasteiger partial charge in [0.15, 0.2) is 0 Å². The summed E-state index contributed by atoms with van der Waals surface area (Å²) in [5, 5.41) is 11.3. The summed E-state index contributed by atoms with van der Waals surface area (Å²) in [5.41, 5.74) is 1.69. The van der Waals surface area contributed by atoms with Crippen LogP contribution in [0, 0.1) is 5.82 Å². The van der Waals surface area contributed by atoms with Crippen molar-refractivity contribution in [2.24, 2.45) is 0 Å². The number of hydrogen-bond donors (Lipinski definition) is 1. The van der Waals surface area contributed by atoms with Gasteiger partial charge in [0.05, 0.1) is 5.60 Å². The van der Waals surface area contributed by atoms with Crippen LogP contribution in [0.25, 0.3) is 0 Å². The smallest absolute Gasteiger partial charge is 0.123 e. The van der Waals surface area contributed by atoms with Crippen molar-refractivity contribution in [3.63, 3.8) is 0 Å². The summed E-state index contributed by atoms with van der Waals surface area (Å²) >= 11 is 9.59. The number of aliphatic hydroxyl groups is 1. The first-order valence-corrected chi connectivity index (χ1v) is 7.60. The minimum atomic E-state index is -1.10. The second kappa shape index (κ2) is 5.14. The Labute approximate surface area is 130 Å². The number of halogens is 3. The van der Waals surface area contributed by atoms with Crippen molar-refractivity contribution in [2.45, 2.75) is 24.9 Å². The highest BCUT2D eigenvalue weighted by molar-refractivity contribution is 9.10. The predicted molar refractivity (Wildman–Crippen MR) is 81.5 cm³/mol. The molecule has 4 heteroatoms. The lowest BCUT2D eigenvalue weighted by Crippen LogP contribution is -2.33. The molecule has 1 atom stereocenters. The van der Waals surface area contributed by atoms with Gasteiger partial charge in [-0.15, -0.1) is 0 Å². The minimum absolute atomic E-state index is 0.376. The molecular formula is C16H13BrClFO. The van der Waals surface area contributed by atoms with Crippen LogP contribution in [0.15, 0.2) is 40.9 Å². The Morgan fingerprint density at radius 3 is 2.75 bits per heavy atom. The lowest BCUT2D eigenvalue weighted by Gasteiger charge is -2.34. The van der Waals surface area contributed by atoms with Gasteiger partial charge in [0.25, 0.3) is 0 Å². The molecule has 3 rings (SSSR count). The van der Waals surface area contributed by atoms with Gasteiger partial charge in [0, 0.05) is 21.5 Å². The fourth-order valence-electron chi connectivity index (χ4n) is 2.83. The Balaban J connectivity index is 2.02. The summed E-state index contributed by atoms with van der Waals surface area (Å²) in [5.74, 6) is -0.376. The van der Waals surface area contributed by atoms with Crippen LogP contribution in [0.3, 0.4) is 0 Å². The lowest BCUT2D eigenvalue weighted by atomic mass is 9.76. The molecule has 1 N–H and O–H groups in total. The van der Waals surface area contributed by atoms with Crippen LogP contribution < -0.4 is 0 Å². The van der Waals surface area contributed by atoms with Crippen molar-refractivity contribution >= 4 is 27.5 Å². The van der Waals surface area contributed by atoms with E-state index in [1.165, 1.54) is 23.8 Å². The number of aryl methyl sites for hydroxylation is 1.